The van der Waals surface area contributed by atoms with E-state index < -0.39 is 5.60 Å². The van der Waals surface area contributed by atoms with Crippen LogP contribution < -0.4 is 12.4 Å². The Bertz CT molecular complexity index is 790. The first kappa shape index (κ1) is 27.1. The van der Waals surface area contributed by atoms with Crippen LogP contribution in [0.3, 0.4) is 0 Å². The number of hydrogen-bond acceptors (Lipinski definition) is 10. The van der Waals surface area contributed by atoms with Crippen LogP contribution in [0.5, 0.6) is 0 Å². The molecule has 15 heteroatoms. The fourth-order valence-electron chi connectivity index (χ4n) is 2.81. The molecule has 0 atom stereocenters. The predicted octanol–water partition coefficient (Wildman–Crippen LogP) is -5.11. The largest absolute Gasteiger partial charge is 2.00 e. The van der Waals surface area contributed by atoms with Crippen molar-refractivity contribution in [2.75, 3.05) is 19.8 Å². The minimum absolute atomic E-state index is 0. The average Bonchev–Trinajstić information content (AvgIpc) is 3.49. The van der Waals surface area contributed by atoms with E-state index in [2.05, 4.69) is 30.9 Å². The summed E-state index contributed by atoms with van der Waals surface area (Å²) in [5.74, 6) is 0. The van der Waals surface area contributed by atoms with Crippen LogP contribution in [0.2, 0.25) is 0 Å². The van der Waals surface area contributed by atoms with Crippen molar-refractivity contribution in [1.29, 1.82) is 0 Å². The van der Waals surface area contributed by atoms with Crippen molar-refractivity contribution in [3.63, 3.8) is 0 Å². The zero-order chi connectivity index (χ0) is 20.7. The van der Waals surface area contributed by atoms with Gasteiger partial charge in [-0.15, -0.1) is 15.3 Å². The van der Waals surface area contributed by atoms with Crippen molar-refractivity contribution in [1.82, 2.24) is 45.0 Å². The van der Waals surface area contributed by atoms with Gasteiger partial charge in [0.1, 0.15) is 17.1 Å². The van der Waals surface area contributed by atoms with Crippen molar-refractivity contribution in [2.45, 2.75) is 44.5 Å². The normalized spacial score (nSPS) is 11.2. The zero-order valence-corrected chi connectivity index (χ0v) is 18.3. The third-order valence-corrected chi connectivity index (χ3v) is 4.36. The van der Waals surface area contributed by atoms with E-state index in [-0.39, 0.29) is 66.4 Å². The second-order valence-electron chi connectivity index (χ2n) is 6.54. The van der Waals surface area contributed by atoms with Gasteiger partial charge in [0.05, 0.1) is 18.6 Å². The molecule has 0 spiro atoms. The van der Waals surface area contributed by atoms with Gasteiger partial charge in [0.2, 0.25) is 5.60 Å². The van der Waals surface area contributed by atoms with Crippen molar-refractivity contribution >= 4 is 0 Å². The number of hydrogen-bond donors (Lipinski definition) is 4. The first-order chi connectivity index (χ1) is 14.1. The summed E-state index contributed by atoms with van der Waals surface area (Å²) in [6.07, 6.45) is 6.18. The van der Waals surface area contributed by atoms with Gasteiger partial charge in [-0.25, -0.2) is 0 Å². The summed E-state index contributed by atoms with van der Waals surface area (Å²) in [4.78, 5) is 0. The molecule has 13 nitrogen and oxygen atoms in total. The molecule has 0 aliphatic rings. The van der Waals surface area contributed by atoms with E-state index in [4.69, 9.17) is 15.3 Å². The minimum Gasteiger partial charge on any atom is -1.00 e. The molecule has 0 saturated carbocycles. The quantitative estimate of drug-likeness (QED) is 0.174. The van der Waals surface area contributed by atoms with Gasteiger partial charge in [-0.05, 0) is 19.3 Å². The second-order valence-corrected chi connectivity index (χ2v) is 6.54. The molecular weight excluding hydrogens is 481 g/mol. The fourth-order valence-corrected chi connectivity index (χ4v) is 2.81. The number of rotatable bonds is 12. The maximum atomic E-state index is 11.6. The standard InChI is InChI=1S/C16H25N9O4.ClH.Cu/c26-7-1-4-23-10-13(17-20-23)16(29,14-11-24(21-18-14)5-2-8-27)15-12-25(22-19-15)6-3-9-28;;/h10-12,26-29H,1-9H2;1H;/q;;+2/p-1. The molecule has 0 aromatic carbocycles. The minimum atomic E-state index is -1.84. The van der Waals surface area contributed by atoms with Crippen molar-refractivity contribution in [3.05, 3.63) is 35.7 Å². The molecular formula is C16H25ClCuN9O4+. The molecule has 0 aliphatic heterocycles. The Morgan fingerprint density at radius 3 is 1.19 bits per heavy atom. The number of nitrogens with zero attached hydrogens (tertiary/aromatic N) is 9. The SMILES string of the molecule is OCCCn1cc(C(O)(c2cn(CCCO)nn2)c2cn(CCCO)nn2)nn1.[Cl-].[Cu+2]. The van der Waals surface area contributed by atoms with Crippen LogP contribution in [0.1, 0.15) is 36.3 Å². The number of aryl methyl sites for hydroxylation is 3. The van der Waals surface area contributed by atoms with E-state index in [1.807, 2.05) is 0 Å². The summed E-state index contributed by atoms with van der Waals surface area (Å²) in [5.41, 5.74) is -1.26. The summed E-state index contributed by atoms with van der Waals surface area (Å²) < 4.78 is 4.55. The van der Waals surface area contributed by atoms with Crippen LogP contribution in [0, 0.1) is 0 Å². The van der Waals surface area contributed by atoms with E-state index in [9.17, 15) is 5.11 Å². The summed E-state index contributed by atoms with van der Waals surface area (Å²) in [6.45, 7) is 1.34. The molecule has 4 N–H and O–H groups in total. The van der Waals surface area contributed by atoms with Crippen molar-refractivity contribution in [3.8, 4) is 0 Å². The van der Waals surface area contributed by atoms with E-state index >= 15 is 0 Å². The van der Waals surface area contributed by atoms with Crippen LogP contribution in [0.4, 0.5) is 0 Å². The summed E-state index contributed by atoms with van der Waals surface area (Å²) >= 11 is 0. The molecule has 3 rings (SSSR count). The third-order valence-electron chi connectivity index (χ3n) is 4.36. The molecule has 0 fully saturated rings. The van der Waals surface area contributed by atoms with Crippen LogP contribution in [0.15, 0.2) is 18.6 Å². The Balaban J connectivity index is 0.00000240. The van der Waals surface area contributed by atoms with Gasteiger partial charge in [0.25, 0.3) is 0 Å². The smallest absolute Gasteiger partial charge is 1.00 e. The Morgan fingerprint density at radius 2 is 0.935 bits per heavy atom. The van der Waals surface area contributed by atoms with Gasteiger partial charge in [0.15, 0.2) is 0 Å². The van der Waals surface area contributed by atoms with Crippen LogP contribution in [-0.2, 0) is 42.3 Å². The monoisotopic (exact) mass is 505 g/mol. The van der Waals surface area contributed by atoms with Gasteiger partial charge in [-0.3, -0.25) is 14.0 Å². The van der Waals surface area contributed by atoms with Crippen molar-refractivity contribution in [2.24, 2.45) is 0 Å². The van der Waals surface area contributed by atoms with Crippen molar-refractivity contribution < 1.29 is 49.9 Å². The Hall–Kier alpha value is -1.93. The number of aromatic nitrogens is 9. The van der Waals surface area contributed by atoms with E-state index in [0.29, 0.717) is 38.9 Å². The molecule has 0 saturated heterocycles. The molecule has 3 aromatic rings. The second kappa shape index (κ2) is 12.8. The van der Waals surface area contributed by atoms with E-state index in [0.717, 1.165) is 0 Å². The summed E-state index contributed by atoms with van der Waals surface area (Å²) in [7, 11) is 0. The molecule has 31 heavy (non-hydrogen) atoms. The van der Waals surface area contributed by atoms with Gasteiger partial charge in [0, 0.05) is 39.5 Å². The zero-order valence-electron chi connectivity index (χ0n) is 16.6. The maximum Gasteiger partial charge on any atom is 2.00 e. The Kier molecular flexibility index (Phi) is 11.2. The van der Waals surface area contributed by atoms with Gasteiger partial charge < -0.3 is 32.8 Å². The molecule has 0 bridgehead atoms. The summed E-state index contributed by atoms with van der Waals surface area (Å²) in [5, 5.41) is 62.9. The molecule has 0 aliphatic carbocycles. The van der Waals surface area contributed by atoms with Gasteiger partial charge >= 0.3 is 17.1 Å². The summed E-state index contributed by atoms with van der Waals surface area (Å²) in [6, 6.07) is 0. The van der Waals surface area contributed by atoms with Gasteiger partial charge in [-0.1, -0.05) is 15.6 Å². The van der Waals surface area contributed by atoms with Crippen LogP contribution >= 0.6 is 0 Å². The van der Waals surface area contributed by atoms with Gasteiger partial charge in [-0.2, -0.15) is 0 Å². The molecule has 3 aromatic heterocycles. The molecule has 175 valence electrons. The molecule has 0 unspecified atom stereocenters. The average molecular weight is 506 g/mol. The first-order valence-electron chi connectivity index (χ1n) is 9.38. The van der Waals surface area contributed by atoms with Crippen LogP contribution in [-0.4, -0.2) is 85.2 Å². The Labute approximate surface area is 195 Å². The topological polar surface area (TPSA) is 173 Å². The molecule has 1 radical (unpaired) electrons. The van der Waals surface area contributed by atoms with E-state index in [1.54, 1.807) is 18.6 Å². The Morgan fingerprint density at radius 1 is 0.645 bits per heavy atom. The number of halogens is 1. The number of aliphatic hydroxyl groups is 4. The molecule has 0 amide bonds. The molecule has 3 heterocycles. The van der Waals surface area contributed by atoms with E-state index in [1.165, 1.54) is 14.0 Å². The number of aliphatic hydroxyl groups excluding tert-OH is 3. The predicted molar refractivity (Wildman–Crippen MR) is 97.3 cm³/mol. The first-order valence-corrected chi connectivity index (χ1v) is 9.38. The van der Waals surface area contributed by atoms with Crippen LogP contribution in [0.25, 0.3) is 0 Å². The fraction of sp³-hybridized carbons (Fsp3) is 0.625. The third kappa shape index (κ3) is 6.29. The maximum absolute atomic E-state index is 11.6.